The van der Waals surface area contributed by atoms with Gasteiger partial charge in [0.15, 0.2) is 0 Å². The Balaban J connectivity index is 1.39. The molecule has 0 saturated heterocycles. The molecule has 0 spiro atoms. The molecule has 0 aliphatic rings. The first-order valence-corrected chi connectivity index (χ1v) is 19.5. The van der Waals surface area contributed by atoms with Crippen molar-refractivity contribution in [2.24, 2.45) is 0 Å². The van der Waals surface area contributed by atoms with Gasteiger partial charge in [0.25, 0.3) is 0 Å². The van der Waals surface area contributed by atoms with Gasteiger partial charge in [-0.3, -0.25) is 0 Å². The second-order valence-electron chi connectivity index (χ2n) is 13.7. The molecule has 0 saturated carbocycles. The van der Waals surface area contributed by atoms with Crippen molar-refractivity contribution < 1.29 is 0 Å². The summed E-state index contributed by atoms with van der Waals surface area (Å²) in [5.41, 5.74) is 11.3. The van der Waals surface area contributed by atoms with Crippen molar-refractivity contribution in [2.45, 2.75) is 0 Å². The number of rotatable bonds is 8. The molecule has 1 heterocycles. The molecule has 1 aromatic heterocycles. The van der Waals surface area contributed by atoms with E-state index in [-0.39, 0.29) is 0 Å². The van der Waals surface area contributed by atoms with Crippen LogP contribution in [0.15, 0.2) is 218 Å². The monoisotopic (exact) mass is 720 g/mol. The summed E-state index contributed by atoms with van der Waals surface area (Å²) in [6, 6.07) is 78.9. The van der Waals surface area contributed by atoms with E-state index >= 15 is 0 Å². The van der Waals surface area contributed by atoms with Crippen molar-refractivity contribution in [3.63, 3.8) is 0 Å². The Morgan fingerprint density at radius 1 is 0.309 bits per heavy atom. The summed E-state index contributed by atoms with van der Waals surface area (Å²) in [6.07, 6.45) is 0. The van der Waals surface area contributed by atoms with Crippen LogP contribution in [0.5, 0.6) is 0 Å². The maximum absolute atomic E-state index is 2.51. The van der Waals surface area contributed by atoms with E-state index in [1.165, 1.54) is 42.1 Å². The lowest BCUT2D eigenvalue weighted by atomic mass is 9.97. The highest BCUT2D eigenvalue weighted by atomic mass is 32.1. The van der Waals surface area contributed by atoms with E-state index in [9.17, 15) is 0 Å². The molecule has 2 nitrogen and oxygen atoms in total. The van der Waals surface area contributed by atoms with Crippen LogP contribution in [0.25, 0.3) is 53.2 Å². The molecular formula is C52H36N2S. The molecule has 0 unspecified atom stereocenters. The Morgan fingerprint density at radius 3 is 1.38 bits per heavy atom. The third kappa shape index (κ3) is 5.83. The van der Waals surface area contributed by atoms with Crippen LogP contribution in [0.1, 0.15) is 0 Å². The van der Waals surface area contributed by atoms with E-state index in [1.54, 1.807) is 0 Å². The molecule has 260 valence electrons. The standard InChI is InChI=1S/C52H36N2S/c1-5-19-37(20-6-1)42-28-15-17-31-45(42)53(40-24-9-3-10-25-40)47-34-36-49-51(50-44-30-14-13-23-39(44)33-35-48(50)55-49)52(47)54(41-26-11-4-12-27-41)46-32-18-16-29-43(46)38-21-7-2-8-22-38/h1-36H. The van der Waals surface area contributed by atoms with Gasteiger partial charge in [-0.05, 0) is 76.5 Å². The van der Waals surface area contributed by atoms with E-state index < -0.39 is 0 Å². The van der Waals surface area contributed by atoms with Gasteiger partial charge >= 0.3 is 0 Å². The average Bonchev–Trinajstić information content (AvgIpc) is 3.66. The zero-order valence-corrected chi connectivity index (χ0v) is 30.9. The minimum Gasteiger partial charge on any atom is -0.308 e. The van der Waals surface area contributed by atoms with Gasteiger partial charge in [0.1, 0.15) is 0 Å². The first-order valence-electron chi connectivity index (χ1n) is 18.7. The molecule has 0 N–H and O–H groups in total. The summed E-state index contributed by atoms with van der Waals surface area (Å²) in [7, 11) is 0. The Bertz CT molecular complexity index is 2920. The van der Waals surface area contributed by atoms with E-state index in [2.05, 4.69) is 228 Å². The molecule has 0 aliphatic carbocycles. The van der Waals surface area contributed by atoms with Crippen LogP contribution in [0.3, 0.4) is 0 Å². The lowest BCUT2D eigenvalue weighted by molar-refractivity contribution is 1.24. The van der Waals surface area contributed by atoms with Crippen LogP contribution in [0.4, 0.5) is 34.1 Å². The third-order valence-corrected chi connectivity index (χ3v) is 11.6. The molecule has 0 atom stereocenters. The van der Waals surface area contributed by atoms with E-state index in [1.807, 2.05) is 11.3 Å². The number of thiophene rings is 1. The summed E-state index contributed by atoms with van der Waals surface area (Å²) < 4.78 is 2.51. The molecule has 55 heavy (non-hydrogen) atoms. The van der Waals surface area contributed by atoms with Gasteiger partial charge in [0.05, 0.1) is 22.7 Å². The number of para-hydroxylation sites is 4. The van der Waals surface area contributed by atoms with Gasteiger partial charge in [-0.25, -0.2) is 0 Å². The smallest absolute Gasteiger partial charge is 0.0796 e. The predicted octanol–water partition coefficient (Wildman–Crippen LogP) is 15.5. The first kappa shape index (κ1) is 32.7. The number of fused-ring (bicyclic) bond motifs is 5. The van der Waals surface area contributed by atoms with Crippen LogP contribution in [0.2, 0.25) is 0 Å². The lowest BCUT2D eigenvalue weighted by Crippen LogP contribution is -2.18. The molecule has 0 fully saturated rings. The van der Waals surface area contributed by atoms with Crippen LogP contribution in [0, 0.1) is 0 Å². The zero-order chi connectivity index (χ0) is 36.6. The van der Waals surface area contributed by atoms with Gasteiger partial charge in [0, 0.05) is 42.7 Å². The van der Waals surface area contributed by atoms with Gasteiger partial charge < -0.3 is 9.80 Å². The Hall–Kier alpha value is -6.94. The molecule has 0 aliphatic heterocycles. The first-order chi connectivity index (χ1) is 27.3. The second kappa shape index (κ2) is 14.1. The highest BCUT2D eigenvalue weighted by molar-refractivity contribution is 7.26. The Kier molecular flexibility index (Phi) is 8.40. The quantitative estimate of drug-likeness (QED) is 0.154. The topological polar surface area (TPSA) is 6.48 Å². The maximum atomic E-state index is 2.51. The fraction of sp³-hybridized carbons (Fsp3) is 0. The maximum Gasteiger partial charge on any atom is 0.0796 e. The van der Waals surface area contributed by atoms with Crippen LogP contribution >= 0.6 is 11.3 Å². The molecule has 0 amide bonds. The molecule has 0 bridgehead atoms. The van der Waals surface area contributed by atoms with Crippen LogP contribution in [-0.2, 0) is 0 Å². The van der Waals surface area contributed by atoms with Gasteiger partial charge in [-0.2, -0.15) is 0 Å². The Labute approximate surface area is 325 Å². The summed E-state index contributed by atoms with van der Waals surface area (Å²) in [4.78, 5) is 4.97. The molecule has 0 radical (unpaired) electrons. The van der Waals surface area contributed by atoms with Crippen molar-refractivity contribution in [1.82, 2.24) is 0 Å². The number of nitrogens with zero attached hydrogens (tertiary/aromatic N) is 2. The van der Waals surface area contributed by atoms with E-state index in [0.29, 0.717) is 0 Å². The highest BCUT2D eigenvalue weighted by Gasteiger charge is 2.29. The molecular weight excluding hydrogens is 685 g/mol. The van der Waals surface area contributed by atoms with Crippen LogP contribution in [-0.4, -0.2) is 0 Å². The fourth-order valence-electron chi connectivity index (χ4n) is 8.02. The number of hydrogen-bond donors (Lipinski definition) is 0. The minimum atomic E-state index is 1.08. The third-order valence-electron chi connectivity index (χ3n) is 10.4. The molecule has 10 aromatic rings. The van der Waals surface area contributed by atoms with E-state index in [0.717, 1.165) is 45.3 Å². The predicted molar refractivity (Wildman–Crippen MR) is 237 cm³/mol. The fourth-order valence-corrected chi connectivity index (χ4v) is 9.14. The summed E-state index contributed by atoms with van der Waals surface area (Å²) in [5, 5.41) is 5.00. The minimum absolute atomic E-state index is 1.08. The normalized spacial score (nSPS) is 11.3. The molecule has 10 rings (SSSR count). The lowest BCUT2D eigenvalue weighted by Gasteiger charge is -2.35. The summed E-state index contributed by atoms with van der Waals surface area (Å²) in [5.74, 6) is 0. The van der Waals surface area contributed by atoms with Crippen molar-refractivity contribution in [3.8, 4) is 22.3 Å². The van der Waals surface area contributed by atoms with Crippen molar-refractivity contribution in [3.05, 3.63) is 218 Å². The Morgan fingerprint density at radius 2 is 0.764 bits per heavy atom. The second-order valence-corrected chi connectivity index (χ2v) is 14.8. The van der Waals surface area contributed by atoms with Crippen molar-refractivity contribution in [2.75, 3.05) is 9.80 Å². The van der Waals surface area contributed by atoms with Gasteiger partial charge in [0.2, 0.25) is 0 Å². The SMILES string of the molecule is c1ccc(-c2ccccc2N(c2ccccc2)c2ccc3sc4ccc5ccccc5c4c3c2N(c2ccccc2)c2ccccc2-c2ccccc2)cc1. The van der Waals surface area contributed by atoms with Crippen molar-refractivity contribution >= 4 is 76.4 Å². The molecule has 3 heteroatoms. The van der Waals surface area contributed by atoms with Crippen LogP contribution < -0.4 is 9.80 Å². The largest absolute Gasteiger partial charge is 0.308 e. The molecule has 9 aromatic carbocycles. The van der Waals surface area contributed by atoms with E-state index in [4.69, 9.17) is 0 Å². The van der Waals surface area contributed by atoms with Gasteiger partial charge in [-0.15, -0.1) is 11.3 Å². The number of anilines is 6. The summed E-state index contributed by atoms with van der Waals surface area (Å²) in [6.45, 7) is 0. The average molecular weight is 721 g/mol. The number of benzene rings is 9. The van der Waals surface area contributed by atoms with Gasteiger partial charge in [-0.1, -0.05) is 164 Å². The van der Waals surface area contributed by atoms with Crippen molar-refractivity contribution in [1.29, 1.82) is 0 Å². The zero-order valence-electron chi connectivity index (χ0n) is 30.1. The summed E-state index contributed by atoms with van der Waals surface area (Å²) >= 11 is 1.87. The highest BCUT2D eigenvalue weighted by Crippen LogP contribution is 2.55. The number of hydrogen-bond acceptors (Lipinski definition) is 3.